The van der Waals surface area contributed by atoms with E-state index < -0.39 is 31.9 Å². The van der Waals surface area contributed by atoms with Gasteiger partial charge < -0.3 is 38.8 Å². The van der Waals surface area contributed by atoms with E-state index in [1.807, 2.05) is 77.0 Å². The highest BCUT2D eigenvalue weighted by atomic mass is 28.3. The van der Waals surface area contributed by atoms with Gasteiger partial charge in [-0.3, -0.25) is 0 Å². The number of likely N-dealkylation sites (tertiary alicyclic amines) is 1. The standard InChI is InChI=1S/C46H57N7O5Si/c1-45(2,3)57-43(54)51(28-59(7,8)9)27-40-47-25-34(49-40)30-18-20-36-32(22-30)23-38-33-19-17-31(24-39(33)56-42(53(36)38)29-14-11-10-12-15-29)35-26-48-41(50-35)37-16-13-21-52(37)44(55)58-46(4,5)6/h10-12,14-15,17-20,22-26,37,42,44,55H,13,16,21,27-28H2,1-9H3,(H,47,49)(H,48,50)/q-1/t37-,42?,44?/m0/s1. The topological polar surface area (TPSA) is 134 Å². The first-order valence-electron chi connectivity index (χ1n) is 20.6. The maximum atomic E-state index is 13.2. The average Bonchev–Trinajstić information content (AvgIpc) is 3.98. The SMILES string of the molecule is CC(C)(C)OC(=O)N(Cc1ncc(-c2ccc3c(c2)cc2n3C(c3ccccc3)Oc3cc(-c4cnc([C@@H]5CCCN5C(O)OC(C)(C)C)[nH]4)ccc3-2)[nH]1)C[Si-](C)(C)C. The van der Waals surface area contributed by atoms with Gasteiger partial charge in [-0.1, -0.05) is 48.6 Å². The number of aliphatic hydroxyl groups is 1. The Morgan fingerprint density at radius 2 is 1.64 bits per heavy atom. The van der Waals surface area contributed by atoms with Crippen molar-refractivity contribution in [3.05, 3.63) is 102 Å². The van der Waals surface area contributed by atoms with Crippen LogP contribution in [0.5, 0.6) is 5.75 Å². The van der Waals surface area contributed by atoms with E-state index in [9.17, 15) is 9.90 Å². The molecule has 1 amide bonds. The fourth-order valence-electron chi connectivity index (χ4n) is 8.11. The molecule has 13 heteroatoms. The van der Waals surface area contributed by atoms with Crippen LogP contribution in [0.3, 0.4) is 0 Å². The molecule has 12 nitrogen and oxygen atoms in total. The number of amides is 1. The van der Waals surface area contributed by atoms with Crippen LogP contribution in [0, 0.1) is 0 Å². The van der Waals surface area contributed by atoms with E-state index in [2.05, 4.69) is 88.8 Å². The predicted molar refractivity (Wildman–Crippen MR) is 233 cm³/mol. The van der Waals surface area contributed by atoms with Crippen molar-refractivity contribution in [3.8, 4) is 39.5 Å². The Bertz CT molecular complexity index is 2450. The van der Waals surface area contributed by atoms with Gasteiger partial charge in [-0.05, 0) is 84.7 Å². The maximum absolute atomic E-state index is 13.2. The van der Waals surface area contributed by atoms with Crippen LogP contribution in [0.2, 0.25) is 19.6 Å². The monoisotopic (exact) mass is 815 g/mol. The van der Waals surface area contributed by atoms with Crippen molar-refractivity contribution in [2.45, 2.75) is 110 Å². The zero-order valence-electron chi connectivity index (χ0n) is 35.7. The number of hydrogen-bond acceptors (Lipinski definition) is 8. The van der Waals surface area contributed by atoms with Gasteiger partial charge >= 0.3 is 6.09 Å². The highest BCUT2D eigenvalue weighted by molar-refractivity contribution is 6.76. The number of aromatic amines is 2. The van der Waals surface area contributed by atoms with Crippen molar-refractivity contribution < 1.29 is 24.1 Å². The normalized spacial score (nSPS) is 17.7. The predicted octanol–water partition coefficient (Wildman–Crippen LogP) is 9.87. The summed E-state index contributed by atoms with van der Waals surface area (Å²) in [5, 5.41) is 12.0. The first-order valence-corrected chi connectivity index (χ1v) is 24.3. The molecule has 6 aromatic rings. The Balaban J connectivity index is 1.10. The zero-order valence-corrected chi connectivity index (χ0v) is 36.7. The van der Waals surface area contributed by atoms with Crippen LogP contribution in [-0.2, 0) is 16.0 Å². The third-order valence-corrected chi connectivity index (χ3v) is 11.8. The van der Waals surface area contributed by atoms with Crippen molar-refractivity contribution in [1.29, 1.82) is 0 Å². The lowest BCUT2D eigenvalue weighted by Crippen LogP contribution is -2.45. The molecule has 0 spiro atoms. The molecule has 0 saturated carbocycles. The molecule has 3 atom stereocenters. The molecule has 2 unspecified atom stereocenters. The van der Waals surface area contributed by atoms with E-state index in [4.69, 9.17) is 24.2 Å². The van der Waals surface area contributed by atoms with Gasteiger partial charge in [-0.2, -0.15) is 19.6 Å². The van der Waals surface area contributed by atoms with E-state index in [0.29, 0.717) is 18.5 Å². The van der Waals surface area contributed by atoms with E-state index in [-0.39, 0.29) is 12.1 Å². The van der Waals surface area contributed by atoms with E-state index in [1.54, 1.807) is 4.90 Å². The summed E-state index contributed by atoms with van der Waals surface area (Å²) in [5.74, 6) is 2.30. The molecule has 0 bridgehead atoms. The molecule has 2 aliphatic heterocycles. The highest BCUT2D eigenvalue weighted by Crippen LogP contribution is 2.46. The smallest absolute Gasteiger partial charge is 0.407 e. The number of aliphatic hydroxyl groups excluding tert-OH is 1. The molecule has 5 heterocycles. The fourth-order valence-corrected chi connectivity index (χ4v) is 9.49. The van der Waals surface area contributed by atoms with Crippen LogP contribution in [0.1, 0.15) is 83.9 Å². The summed E-state index contributed by atoms with van der Waals surface area (Å²) in [6.07, 6.45) is 4.47. The second-order valence-electron chi connectivity index (χ2n) is 19.0. The van der Waals surface area contributed by atoms with Gasteiger partial charge in [0, 0.05) is 34.2 Å². The first kappa shape index (κ1) is 40.6. The van der Waals surface area contributed by atoms with Crippen LogP contribution in [0.15, 0.2) is 85.2 Å². The van der Waals surface area contributed by atoms with Crippen LogP contribution in [0.25, 0.3) is 44.7 Å². The first-order chi connectivity index (χ1) is 27.9. The average molecular weight is 816 g/mol. The van der Waals surface area contributed by atoms with Crippen molar-refractivity contribution in [3.63, 3.8) is 0 Å². The number of H-pyrrole nitrogens is 2. The minimum absolute atomic E-state index is 0.0757. The lowest BCUT2D eigenvalue weighted by molar-refractivity contribution is -0.243. The third-order valence-electron chi connectivity index (χ3n) is 10.5. The molecule has 8 rings (SSSR count). The summed E-state index contributed by atoms with van der Waals surface area (Å²) < 4.78 is 20.9. The molecule has 311 valence electrons. The Kier molecular flexibility index (Phi) is 10.6. The Morgan fingerprint density at radius 3 is 2.37 bits per heavy atom. The van der Waals surface area contributed by atoms with Gasteiger partial charge in [0.15, 0.2) is 0 Å². The molecule has 3 aromatic carbocycles. The van der Waals surface area contributed by atoms with Crippen molar-refractivity contribution in [1.82, 2.24) is 34.3 Å². The summed E-state index contributed by atoms with van der Waals surface area (Å²) in [4.78, 5) is 33.5. The molecule has 59 heavy (non-hydrogen) atoms. The summed E-state index contributed by atoms with van der Waals surface area (Å²) in [7, 11) is -1.64. The Hall–Kier alpha value is -5.21. The van der Waals surface area contributed by atoms with E-state index in [1.165, 1.54) is 0 Å². The van der Waals surface area contributed by atoms with Gasteiger partial charge in [0.25, 0.3) is 0 Å². The Labute approximate surface area is 347 Å². The zero-order chi connectivity index (χ0) is 41.9. The number of hydrogen-bond donors (Lipinski definition) is 3. The second-order valence-corrected chi connectivity index (χ2v) is 24.5. The van der Waals surface area contributed by atoms with Gasteiger partial charge in [0.05, 0.1) is 53.2 Å². The van der Waals surface area contributed by atoms with E-state index in [0.717, 1.165) is 81.2 Å². The molecule has 0 aliphatic carbocycles. The van der Waals surface area contributed by atoms with Gasteiger partial charge in [-0.15, -0.1) is 8.07 Å². The van der Waals surface area contributed by atoms with Gasteiger partial charge in [-0.25, -0.2) is 19.7 Å². The number of fused-ring (bicyclic) bond motifs is 5. The summed E-state index contributed by atoms with van der Waals surface area (Å²) >= 11 is 0. The van der Waals surface area contributed by atoms with Crippen LogP contribution in [-0.4, -0.2) is 83.9 Å². The van der Waals surface area contributed by atoms with Gasteiger partial charge in [0.2, 0.25) is 12.6 Å². The lowest BCUT2D eigenvalue weighted by Gasteiger charge is -2.36. The number of ether oxygens (including phenoxy) is 3. The van der Waals surface area contributed by atoms with Crippen LogP contribution < -0.4 is 4.74 Å². The molecule has 2 aliphatic rings. The van der Waals surface area contributed by atoms with E-state index >= 15 is 0 Å². The number of carbonyl (C=O) groups excluding carboxylic acids is 1. The third kappa shape index (κ3) is 8.89. The van der Waals surface area contributed by atoms with Crippen molar-refractivity contribution in [2.24, 2.45) is 0 Å². The fraction of sp³-hybridized carbons (Fsp3) is 0.413. The minimum Gasteiger partial charge on any atom is -0.465 e. The molecule has 1 fully saturated rings. The lowest BCUT2D eigenvalue weighted by atomic mass is 10.0. The van der Waals surface area contributed by atoms with Crippen LogP contribution in [0.4, 0.5) is 4.79 Å². The largest absolute Gasteiger partial charge is 0.465 e. The van der Waals surface area contributed by atoms with Crippen LogP contribution >= 0.6 is 0 Å². The number of carbonyl (C=O) groups is 1. The van der Waals surface area contributed by atoms with Crippen molar-refractivity contribution in [2.75, 3.05) is 12.7 Å². The molecular weight excluding hydrogens is 759 g/mol. The molecular formula is C46H57N7O5Si-. The minimum atomic E-state index is -1.64. The summed E-state index contributed by atoms with van der Waals surface area (Å²) in [6.45, 7) is 19.3. The molecule has 3 N–H and O–H groups in total. The Morgan fingerprint density at radius 1 is 0.932 bits per heavy atom. The number of aromatic nitrogens is 5. The molecule has 3 aromatic heterocycles. The van der Waals surface area contributed by atoms with Crippen molar-refractivity contribution >= 4 is 25.1 Å². The maximum Gasteiger partial charge on any atom is 0.407 e. The second kappa shape index (κ2) is 15.4. The summed E-state index contributed by atoms with van der Waals surface area (Å²) in [5.41, 5.74) is 6.80. The molecule has 1 saturated heterocycles. The number of nitrogens with zero attached hydrogens (tertiary/aromatic N) is 5. The molecule has 0 radical (unpaired) electrons. The number of imidazole rings is 2. The highest BCUT2D eigenvalue weighted by Gasteiger charge is 2.36. The quantitative estimate of drug-likeness (QED) is 0.0920. The summed E-state index contributed by atoms with van der Waals surface area (Å²) in [6, 6.07) is 25.2. The number of rotatable bonds is 10. The number of benzene rings is 3. The number of nitrogens with one attached hydrogen (secondary N) is 2. The van der Waals surface area contributed by atoms with Gasteiger partial charge in [0.1, 0.15) is 23.0 Å².